The highest BCUT2D eigenvalue weighted by molar-refractivity contribution is 7.89. The van der Waals surface area contributed by atoms with Gasteiger partial charge < -0.3 is 24.4 Å². The molecule has 0 bridgehead atoms. The first-order valence-electron chi connectivity index (χ1n) is 9.84. The van der Waals surface area contributed by atoms with Crippen molar-refractivity contribution >= 4 is 33.3 Å². The van der Waals surface area contributed by atoms with Crippen molar-refractivity contribution in [2.24, 2.45) is 5.14 Å². The second-order valence-corrected chi connectivity index (χ2v) is 8.65. The molecular formula is C21H25N3O7S. The van der Waals surface area contributed by atoms with Gasteiger partial charge in [0.1, 0.15) is 11.3 Å². The molecule has 1 unspecified atom stereocenters. The molecule has 2 aromatic rings. The maximum absolute atomic E-state index is 12.6. The quantitative estimate of drug-likeness (QED) is 0.587. The third-order valence-electron chi connectivity index (χ3n) is 4.88. The fraction of sp³-hybridized carbons (Fsp3) is 0.333. The Morgan fingerprint density at radius 3 is 2.38 bits per heavy atom. The topological polar surface area (TPSA) is 137 Å². The number of anilines is 2. The lowest BCUT2D eigenvalue weighted by Crippen LogP contribution is -2.36. The number of hydrogen-bond donors (Lipinski definition) is 2. The Balaban J connectivity index is 1.64. The Labute approximate surface area is 186 Å². The fourth-order valence-electron chi connectivity index (χ4n) is 3.12. The average Bonchev–Trinajstić information content (AvgIpc) is 2.79. The summed E-state index contributed by atoms with van der Waals surface area (Å²) < 4.78 is 38.8. The Morgan fingerprint density at radius 2 is 1.78 bits per heavy atom. The molecule has 0 radical (unpaired) electrons. The van der Waals surface area contributed by atoms with Gasteiger partial charge in [-0.25, -0.2) is 18.4 Å². The number of carbonyl (C=O) groups is 2. The average molecular weight is 464 g/mol. The summed E-state index contributed by atoms with van der Waals surface area (Å²) in [5, 5.41) is 7.80. The highest BCUT2D eigenvalue weighted by atomic mass is 32.2. The van der Waals surface area contributed by atoms with Crippen molar-refractivity contribution in [3.05, 3.63) is 48.0 Å². The summed E-state index contributed by atoms with van der Waals surface area (Å²) in [4.78, 5) is 26.9. The Morgan fingerprint density at radius 1 is 1.12 bits per heavy atom. The van der Waals surface area contributed by atoms with Gasteiger partial charge in [0.2, 0.25) is 10.0 Å². The number of morpholine rings is 1. The largest absolute Gasteiger partial charge is 0.496 e. The number of carbonyl (C=O) groups excluding carboxylic acids is 2. The van der Waals surface area contributed by atoms with Crippen LogP contribution >= 0.6 is 0 Å². The standard InChI is InChI=1S/C21H25N3O7S/c1-14(31-21(26)18-13-17(32(22,27)28)7-8-19(18)29-2)20(25)23-15-3-5-16(6-4-15)24-9-11-30-12-10-24/h3-8,13-14H,9-12H2,1-2H3,(H,23,25)(H2,22,27,28). The van der Waals surface area contributed by atoms with E-state index in [-0.39, 0.29) is 16.2 Å². The van der Waals surface area contributed by atoms with Crippen LogP contribution < -0.4 is 20.1 Å². The van der Waals surface area contributed by atoms with Crippen LogP contribution in [0, 0.1) is 0 Å². The second kappa shape index (κ2) is 9.98. The molecule has 0 spiro atoms. The Bertz CT molecular complexity index is 1080. The molecule has 172 valence electrons. The zero-order valence-electron chi connectivity index (χ0n) is 17.7. The number of sulfonamides is 1. The molecule has 1 aliphatic heterocycles. The van der Waals surface area contributed by atoms with E-state index in [1.165, 1.54) is 26.2 Å². The molecule has 0 aliphatic carbocycles. The van der Waals surface area contributed by atoms with Crippen LogP contribution in [-0.4, -0.2) is 59.8 Å². The smallest absolute Gasteiger partial charge is 0.342 e. The molecule has 3 N–H and O–H groups in total. The van der Waals surface area contributed by atoms with Crippen molar-refractivity contribution in [3.8, 4) is 5.75 Å². The van der Waals surface area contributed by atoms with Crippen molar-refractivity contribution in [3.63, 3.8) is 0 Å². The van der Waals surface area contributed by atoms with Gasteiger partial charge in [-0.15, -0.1) is 0 Å². The van der Waals surface area contributed by atoms with Gasteiger partial charge in [-0.2, -0.15) is 0 Å². The van der Waals surface area contributed by atoms with Gasteiger partial charge in [0, 0.05) is 24.5 Å². The van der Waals surface area contributed by atoms with E-state index in [0.29, 0.717) is 18.9 Å². The van der Waals surface area contributed by atoms with Gasteiger partial charge in [-0.05, 0) is 49.4 Å². The van der Waals surface area contributed by atoms with Crippen LogP contribution in [0.15, 0.2) is 47.4 Å². The molecule has 3 rings (SSSR count). The van der Waals surface area contributed by atoms with E-state index in [0.717, 1.165) is 24.8 Å². The molecule has 2 aromatic carbocycles. The Kier molecular flexibility index (Phi) is 7.33. The number of rotatable bonds is 7. The number of methoxy groups -OCH3 is 1. The monoisotopic (exact) mass is 463 g/mol. The number of esters is 1. The summed E-state index contributed by atoms with van der Waals surface area (Å²) in [6.45, 7) is 4.35. The van der Waals surface area contributed by atoms with E-state index in [9.17, 15) is 18.0 Å². The van der Waals surface area contributed by atoms with E-state index >= 15 is 0 Å². The normalized spacial score (nSPS) is 15.0. The van der Waals surface area contributed by atoms with Crippen molar-refractivity contribution in [2.75, 3.05) is 43.6 Å². The van der Waals surface area contributed by atoms with Gasteiger partial charge in [0.15, 0.2) is 6.10 Å². The summed E-state index contributed by atoms with van der Waals surface area (Å²) in [6.07, 6.45) is -1.15. The van der Waals surface area contributed by atoms with E-state index in [1.807, 2.05) is 12.1 Å². The predicted octanol–water partition coefficient (Wildman–Crippen LogP) is 1.36. The van der Waals surface area contributed by atoms with Crippen LogP contribution in [0.25, 0.3) is 0 Å². The Hall–Kier alpha value is -3.15. The van der Waals surface area contributed by atoms with Crippen LogP contribution in [0.2, 0.25) is 0 Å². The van der Waals surface area contributed by atoms with Crippen molar-refractivity contribution in [1.29, 1.82) is 0 Å². The van der Waals surface area contributed by atoms with Gasteiger partial charge in [0.05, 0.1) is 25.2 Å². The van der Waals surface area contributed by atoms with Gasteiger partial charge >= 0.3 is 5.97 Å². The molecule has 0 aromatic heterocycles. The summed E-state index contributed by atoms with van der Waals surface area (Å²) >= 11 is 0. The highest BCUT2D eigenvalue weighted by Crippen LogP contribution is 2.24. The van der Waals surface area contributed by atoms with Crippen LogP contribution in [0.5, 0.6) is 5.75 Å². The van der Waals surface area contributed by atoms with Gasteiger partial charge in [-0.3, -0.25) is 4.79 Å². The van der Waals surface area contributed by atoms with E-state index in [1.54, 1.807) is 12.1 Å². The number of ether oxygens (including phenoxy) is 3. The second-order valence-electron chi connectivity index (χ2n) is 7.09. The lowest BCUT2D eigenvalue weighted by Gasteiger charge is -2.28. The molecule has 1 atom stereocenters. The van der Waals surface area contributed by atoms with Crippen molar-refractivity contribution < 1.29 is 32.2 Å². The number of amides is 1. The van der Waals surface area contributed by atoms with Crippen LogP contribution in [0.3, 0.4) is 0 Å². The fourth-order valence-corrected chi connectivity index (χ4v) is 3.66. The minimum absolute atomic E-state index is 0.0914. The van der Waals surface area contributed by atoms with Gasteiger partial charge in [-0.1, -0.05) is 0 Å². The lowest BCUT2D eigenvalue weighted by atomic mass is 10.2. The third kappa shape index (κ3) is 5.75. The molecule has 1 heterocycles. The number of nitrogens with zero attached hydrogens (tertiary/aromatic N) is 1. The predicted molar refractivity (Wildman–Crippen MR) is 117 cm³/mol. The van der Waals surface area contributed by atoms with Crippen LogP contribution in [0.1, 0.15) is 17.3 Å². The number of hydrogen-bond acceptors (Lipinski definition) is 8. The van der Waals surface area contributed by atoms with Crippen LogP contribution in [-0.2, 0) is 24.3 Å². The molecular weight excluding hydrogens is 438 g/mol. The van der Waals surface area contributed by atoms with E-state index < -0.39 is 28.0 Å². The van der Waals surface area contributed by atoms with Gasteiger partial charge in [0.25, 0.3) is 5.91 Å². The first-order valence-corrected chi connectivity index (χ1v) is 11.4. The van der Waals surface area contributed by atoms with Crippen molar-refractivity contribution in [2.45, 2.75) is 17.9 Å². The zero-order valence-corrected chi connectivity index (χ0v) is 18.6. The maximum Gasteiger partial charge on any atom is 0.342 e. The van der Waals surface area contributed by atoms with E-state index in [4.69, 9.17) is 19.3 Å². The molecule has 11 heteroatoms. The first-order chi connectivity index (χ1) is 15.2. The molecule has 1 saturated heterocycles. The molecule has 1 aliphatic rings. The SMILES string of the molecule is COc1ccc(S(N)(=O)=O)cc1C(=O)OC(C)C(=O)Nc1ccc(N2CCOCC2)cc1. The number of nitrogens with two attached hydrogens (primary N) is 1. The summed E-state index contributed by atoms with van der Waals surface area (Å²) in [7, 11) is -2.72. The van der Waals surface area contributed by atoms with Crippen LogP contribution in [0.4, 0.5) is 11.4 Å². The first kappa shape index (κ1) is 23.5. The third-order valence-corrected chi connectivity index (χ3v) is 5.79. The van der Waals surface area contributed by atoms with E-state index in [2.05, 4.69) is 10.2 Å². The molecule has 10 nitrogen and oxygen atoms in total. The summed E-state index contributed by atoms with van der Waals surface area (Å²) in [5.74, 6) is -1.37. The minimum Gasteiger partial charge on any atom is -0.496 e. The highest BCUT2D eigenvalue weighted by Gasteiger charge is 2.23. The number of nitrogens with one attached hydrogen (secondary N) is 1. The molecule has 1 fully saturated rings. The summed E-state index contributed by atoms with van der Waals surface area (Å²) in [6, 6.07) is 10.8. The number of benzene rings is 2. The molecule has 1 amide bonds. The summed E-state index contributed by atoms with van der Waals surface area (Å²) in [5.41, 5.74) is 1.41. The number of primary sulfonamides is 1. The van der Waals surface area contributed by atoms with Crippen molar-refractivity contribution in [1.82, 2.24) is 0 Å². The minimum atomic E-state index is -4.03. The molecule has 32 heavy (non-hydrogen) atoms. The molecule has 0 saturated carbocycles. The zero-order chi connectivity index (χ0) is 23.3. The maximum atomic E-state index is 12.6. The lowest BCUT2D eigenvalue weighted by molar-refractivity contribution is -0.123.